The van der Waals surface area contributed by atoms with Crippen LogP contribution in [0.2, 0.25) is 0 Å². The van der Waals surface area contributed by atoms with Gasteiger partial charge in [0.1, 0.15) is 0 Å². The van der Waals surface area contributed by atoms with Crippen molar-refractivity contribution in [2.75, 3.05) is 19.5 Å². The summed E-state index contributed by atoms with van der Waals surface area (Å²) in [4.78, 5) is 10.6. The average molecular weight is 213 g/mol. The Morgan fingerprint density at radius 3 is 2.43 bits per heavy atom. The summed E-state index contributed by atoms with van der Waals surface area (Å²) in [5.41, 5.74) is 0.614. The van der Waals surface area contributed by atoms with Crippen LogP contribution in [0.15, 0.2) is 18.2 Å². The molecule has 0 fully saturated rings. The number of thiol groups is 1. The first-order valence-electron chi connectivity index (χ1n) is 3.89. The van der Waals surface area contributed by atoms with Gasteiger partial charge in [-0.15, -0.1) is 0 Å². The quantitative estimate of drug-likeness (QED) is 0.756. The van der Waals surface area contributed by atoms with Crippen LogP contribution >= 0.6 is 12.6 Å². The van der Waals surface area contributed by atoms with E-state index in [0.29, 0.717) is 17.2 Å². The lowest BCUT2D eigenvalue weighted by atomic mass is 10.3. The standard InChI is InChI=1S/C9H11NO3S/c1-12-7-4-3-6(10-9(11)14)5-8(7)13-2/h3-5H,1-2H3,(H2,10,11,14). The van der Waals surface area contributed by atoms with Crippen LogP contribution in [0.25, 0.3) is 0 Å². The topological polar surface area (TPSA) is 47.6 Å². The first-order valence-corrected chi connectivity index (χ1v) is 4.34. The minimum atomic E-state index is -0.419. The summed E-state index contributed by atoms with van der Waals surface area (Å²) < 4.78 is 10.1. The Balaban J connectivity index is 2.95. The van der Waals surface area contributed by atoms with Crippen molar-refractivity contribution in [1.29, 1.82) is 0 Å². The second-order valence-corrected chi connectivity index (χ2v) is 2.91. The maximum atomic E-state index is 10.6. The van der Waals surface area contributed by atoms with Crippen LogP contribution in [0, 0.1) is 0 Å². The molecule has 76 valence electrons. The van der Waals surface area contributed by atoms with Gasteiger partial charge in [0.2, 0.25) is 0 Å². The number of anilines is 1. The minimum Gasteiger partial charge on any atom is -0.493 e. The van der Waals surface area contributed by atoms with Crippen molar-refractivity contribution >= 4 is 23.6 Å². The first kappa shape index (κ1) is 10.7. The van der Waals surface area contributed by atoms with Gasteiger partial charge in [-0.2, -0.15) is 0 Å². The Labute approximate surface area is 87.6 Å². The van der Waals surface area contributed by atoms with Crippen molar-refractivity contribution in [2.45, 2.75) is 0 Å². The number of hydrogen-bond acceptors (Lipinski definition) is 3. The summed E-state index contributed by atoms with van der Waals surface area (Å²) in [6, 6.07) is 5.07. The zero-order chi connectivity index (χ0) is 10.6. The smallest absolute Gasteiger partial charge is 0.280 e. The number of nitrogens with one attached hydrogen (secondary N) is 1. The van der Waals surface area contributed by atoms with Crippen molar-refractivity contribution < 1.29 is 14.3 Å². The fourth-order valence-electron chi connectivity index (χ4n) is 1.04. The van der Waals surface area contributed by atoms with E-state index >= 15 is 0 Å². The molecule has 0 heterocycles. The number of carbonyl (C=O) groups is 1. The van der Waals surface area contributed by atoms with Crippen molar-refractivity contribution in [2.24, 2.45) is 0 Å². The monoisotopic (exact) mass is 213 g/mol. The molecule has 4 nitrogen and oxygen atoms in total. The Kier molecular flexibility index (Phi) is 3.64. The van der Waals surface area contributed by atoms with E-state index in [0.717, 1.165) is 0 Å². The van der Waals surface area contributed by atoms with Crippen LogP contribution in [0.4, 0.5) is 10.5 Å². The molecule has 0 aliphatic heterocycles. The Morgan fingerprint density at radius 1 is 1.29 bits per heavy atom. The minimum absolute atomic E-state index is 0.419. The van der Waals surface area contributed by atoms with Crippen molar-refractivity contribution in [3.05, 3.63) is 18.2 Å². The maximum absolute atomic E-state index is 10.6. The van der Waals surface area contributed by atoms with E-state index in [1.54, 1.807) is 25.3 Å². The molecule has 0 spiro atoms. The van der Waals surface area contributed by atoms with Gasteiger partial charge < -0.3 is 14.8 Å². The molecule has 0 aliphatic carbocycles. The SMILES string of the molecule is COc1ccc(NC(=O)S)cc1OC. The van der Waals surface area contributed by atoms with Crippen molar-refractivity contribution in [3.63, 3.8) is 0 Å². The molecular weight excluding hydrogens is 202 g/mol. The van der Waals surface area contributed by atoms with Crippen molar-refractivity contribution in [1.82, 2.24) is 0 Å². The van der Waals surface area contributed by atoms with Gasteiger partial charge >= 0.3 is 0 Å². The molecule has 0 aliphatic rings. The summed E-state index contributed by atoms with van der Waals surface area (Å²) in [5, 5.41) is 2.10. The van der Waals surface area contributed by atoms with Gasteiger partial charge in [-0.1, -0.05) is 12.6 Å². The summed E-state index contributed by atoms with van der Waals surface area (Å²) >= 11 is 3.60. The van der Waals surface area contributed by atoms with E-state index in [4.69, 9.17) is 9.47 Å². The van der Waals surface area contributed by atoms with Gasteiger partial charge in [-0.05, 0) is 12.1 Å². The molecule has 1 N–H and O–H groups in total. The second-order valence-electron chi connectivity index (χ2n) is 2.50. The molecule has 0 bridgehead atoms. The number of carbonyl (C=O) groups excluding carboxylic acids is 1. The largest absolute Gasteiger partial charge is 0.493 e. The predicted octanol–water partition coefficient (Wildman–Crippen LogP) is 2.17. The normalized spacial score (nSPS) is 9.36. The average Bonchev–Trinajstić information content (AvgIpc) is 2.16. The lowest BCUT2D eigenvalue weighted by Crippen LogP contribution is -2.01. The summed E-state index contributed by atoms with van der Waals surface area (Å²) in [6.45, 7) is 0. The highest BCUT2D eigenvalue weighted by atomic mass is 32.1. The Morgan fingerprint density at radius 2 is 1.93 bits per heavy atom. The maximum Gasteiger partial charge on any atom is 0.280 e. The van der Waals surface area contributed by atoms with Crippen LogP contribution in [-0.2, 0) is 0 Å². The molecule has 1 rings (SSSR count). The van der Waals surface area contributed by atoms with E-state index in [1.807, 2.05) is 0 Å². The van der Waals surface area contributed by atoms with Crippen LogP contribution in [0.3, 0.4) is 0 Å². The molecule has 0 saturated heterocycles. The van der Waals surface area contributed by atoms with Crippen LogP contribution in [0.5, 0.6) is 11.5 Å². The van der Waals surface area contributed by atoms with E-state index in [2.05, 4.69) is 17.9 Å². The van der Waals surface area contributed by atoms with Gasteiger partial charge in [0.05, 0.1) is 14.2 Å². The molecule has 5 heteroatoms. The lowest BCUT2D eigenvalue weighted by Gasteiger charge is -2.09. The van der Waals surface area contributed by atoms with Gasteiger partial charge in [0, 0.05) is 11.8 Å². The van der Waals surface area contributed by atoms with Crippen LogP contribution in [-0.4, -0.2) is 19.5 Å². The van der Waals surface area contributed by atoms with Gasteiger partial charge in [-0.25, -0.2) is 0 Å². The number of ether oxygens (including phenoxy) is 2. The number of rotatable bonds is 3. The zero-order valence-corrected chi connectivity index (χ0v) is 8.80. The van der Waals surface area contributed by atoms with Gasteiger partial charge in [0.15, 0.2) is 11.5 Å². The third-order valence-corrected chi connectivity index (χ3v) is 1.75. The zero-order valence-electron chi connectivity index (χ0n) is 7.90. The fraction of sp³-hybridized carbons (Fsp3) is 0.222. The molecule has 1 aromatic rings. The number of hydrogen-bond donors (Lipinski definition) is 2. The molecule has 0 radical (unpaired) electrons. The highest BCUT2D eigenvalue weighted by molar-refractivity contribution is 7.96. The van der Waals surface area contributed by atoms with E-state index < -0.39 is 5.24 Å². The lowest BCUT2D eigenvalue weighted by molar-refractivity contribution is 0.270. The fourth-order valence-corrected chi connectivity index (χ4v) is 1.17. The third-order valence-electron chi connectivity index (χ3n) is 1.63. The number of benzene rings is 1. The highest BCUT2D eigenvalue weighted by Crippen LogP contribution is 2.29. The Bertz CT molecular complexity index is 341. The first-order chi connectivity index (χ1) is 6.67. The Hall–Kier alpha value is -1.36. The molecule has 0 saturated carbocycles. The van der Waals surface area contributed by atoms with Gasteiger partial charge in [-0.3, -0.25) is 4.79 Å². The molecule has 0 aromatic heterocycles. The molecule has 1 aromatic carbocycles. The number of amides is 1. The predicted molar refractivity (Wildman–Crippen MR) is 57.6 cm³/mol. The number of methoxy groups -OCH3 is 2. The van der Waals surface area contributed by atoms with E-state index in [-0.39, 0.29) is 0 Å². The highest BCUT2D eigenvalue weighted by Gasteiger charge is 2.04. The summed E-state index contributed by atoms with van der Waals surface area (Å²) in [7, 11) is 3.08. The summed E-state index contributed by atoms with van der Waals surface area (Å²) in [6.07, 6.45) is 0. The van der Waals surface area contributed by atoms with Gasteiger partial charge in [0.25, 0.3) is 5.24 Å². The third kappa shape index (κ3) is 2.56. The van der Waals surface area contributed by atoms with Crippen LogP contribution < -0.4 is 14.8 Å². The molecular formula is C9H11NO3S. The molecule has 0 unspecified atom stereocenters. The van der Waals surface area contributed by atoms with Crippen molar-refractivity contribution in [3.8, 4) is 11.5 Å². The summed E-state index contributed by atoms with van der Waals surface area (Å²) in [5.74, 6) is 1.18. The molecule has 14 heavy (non-hydrogen) atoms. The molecule has 0 atom stereocenters. The second kappa shape index (κ2) is 4.76. The van der Waals surface area contributed by atoms with E-state index in [1.165, 1.54) is 7.11 Å². The van der Waals surface area contributed by atoms with E-state index in [9.17, 15) is 4.79 Å². The molecule has 1 amide bonds. The van der Waals surface area contributed by atoms with Crippen LogP contribution in [0.1, 0.15) is 0 Å².